The lowest BCUT2D eigenvalue weighted by Gasteiger charge is -2.16. The molecule has 0 radical (unpaired) electrons. The summed E-state index contributed by atoms with van der Waals surface area (Å²) in [6.07, 6.45) is -1.08. The third-order valence-electron chi connectivity index (χ3n) is 3.78. The molecule has 7 N–H and O–H groups in total. The van der Waals surface area contributed by atoms with Crippen molar-refractivity contribution >= 4 is 25.5 Å². The fraction of sp³-hybridized carbons (Fsp3) is 0.600. The number of nitrogens with one attached hydrogen (secondary N) is 1. The van der Waals surface area contributed by atoms with Gasteiger partial charge in [0, 0.05) is 12.6 Å². The number of nitrogen functional groups attached to an aromatic ring is 1. The highest BCUT2D eigenvalue weighted by Gasteiger charge is 2.36. The Hall–Kier alpha value is -2.39. The van der Waals surface area contributed by atoms with Gasteiger partial charge in [0.1, 0.15) is 18.1 Å². The SMILES string of the molecule is COC(=O)CNCC(=O)OC.Nc1ccn([C@H]2C[C@H](O)[C@@H](COP(N)(=O)O)O2)c(=O)n1. The molecule has 2 heterocycles. The number of hydrogen-bond donors (Lipinski definition) is 5. The molecule has 4 atom stereocenters. The van der Waals surface area contributed by atoms with Gasteiger partial charge < -0.3 is 29.9 Å². The summed E-state index contributed by atoms with van der Waals surface area (Å²) in [7, 11) is -1.58. The number of carbonyl (C=O) groups is 2. The zero-order valence-corrected chi connectivity index (χ0v) is 17.8. The summed E-state index contributed by atoms with van der Waals surface area (Å²) in [6, 6.07) is 1.42. The van der Waals surface area contributed by atoms with E-state index in [2.05, 4.69) is 24.3 Å². The Labute approximate surface area is 176 Å². The molecule has 1 saturated heterocycles. The minimum Gasteiger partial charge on any atom is -0.468 e. The number of hydrogen-bond acceptors (Lipinski definition) is 12. The van der Waals surface area contributed by atoms with Crippen LogP contribution < -0.4 is 22.2 Å². The second-order valence-electron chi connectivity index (χ2n) is 6.09. The fourth-order valence-corrected chi connectivity index (χ4v) is 2.63. The number of carbonyl (C=O) groups excluding carboxylic acids is 2. The van der Waals surface area contributed by atoms with Crippen molar-refractivity contribution in [2.24, 2.45) is 5.50 Å². The van der Waals surface area contributed by atoms with Crippen LogP contribution in [0.4, 0.5) is 5.82 Å². The largest absolute Gasteiger partial charge is 0.468 e. The van der Waals surface area contributed by atoms with E-state index in [1.54, 1.807) is 0 Å². The summed E-state index contributed by atoms with van der Waals surface area (Å²) in [5, 5.41) is 12.3. The summed E-state index contributed by atoms with van der Waals surface area (Å²) in [6.45, 7) is -0.323. The number of rotatable bonds is 8. The van der Waals surface area contributed by atoms with Crippen molar-refractivity contribution < 1.29 is 42.9 Å². The van der Waals surface area contributed by atoms with Crippen LogP contribution in [0.1, 0.15) is 12.6 Å². The van der Waals surface area contributed by atoms with Crippen molar-refractivity contribution in [1.82, 2.24) is 14.9 Å². The molecule has 0 aromatic carbocycles. The van der Waals surface area contributed by atoms with Crippen LogP contribution in [0.25, 0.3) is 0 Å². The molecular weight excluding hydrogens is 441 g/mol. The molecule has 31 heavy (non-hydrogen) atoms. The van der Waals surface area contributed by atoms with Gasteiger partial charge in [-0.15, -0.1) is 0 Å². The Morgan fingerprint density at radius 1 is 1.35 bits per heavy atom. The number of esters is 2. The van der Waals surface area contributed by atoms with Gasteiger partial charge in [0.05, 0.1) is 40.0 Å². The second-order valence-corrected chi connectivity index (χ2v) is 7.48. The first kappa shape index (κ1) is 26.6. The molecule has 2 rings (SSSR count). The van der Waals surface area contributed by atoms with E-state index in [9.17, 15) is 24.1 Å². The maximum atomic E-state index is 11.6. The molecule has 0 spiro atoms. The molecule has 1 unspecified atom stereocenters. The molecule has 176 valence electrons. The highest BCUT2D eigenvalue weighted by molar-refractivity contribution is 7.50. The zero-order valence-electron chi connectivity index (χ0n) is 16.9. The topological polar surface area (TPSA) is 228 Å². The van der Waals surface area contributed by atoms with Gasteiger partial charge in [0.15, 0.2) is 0 Å². The first-order valence-electron chi connectivity index (χ1n) is 8.75. The minimum absolute atomic E-state index is 0.0194. The molecule has 15 nitrogen and oxygen atoms in total. The zero-order chi connectivity index (χ0) is 23.6. The summed E-state index contributed by atoms with van der Waals surface area (Å²) in [4.78, 5) is 44.9. The monoisotopic (exact) mass is 467 g/mol. The van der Waals surface area contributed by atoms with E-state index in [0.717, 1.165) is 0 Å². The van der Waals surface area contributed by atoms with Crippen LogP contribution in [0.2, 0.25) is 0 Å². The third-order valence-corrected chi connectivity index (χ3v) is 4.30. The first-order chi connectivity index (χ1) is 14.5. The molecule has 1 aromatic heterocycles. The van der Waals surface area contributed by atoms with Gasteiger partial charge in [-0.25, -0.2) is 14.9 Å². The smallest absolute Gasteiger partial charge is 0.400 e. The molecule has 0 saturated carbocycles. The van der Waals surface area contributed by atoms with Crippen LogP contribution in [-0.4, -0.2) is 77.6 Å². The standard InChI is InChI=1S/C9H15N4O6P.C6H11NO4/c10-7-1-2-13(9(15)12-7)8-3-5(14)6(19-8)4-18-20(11,16)17;1-10-5(8)3-7-4-6(9)11-2/h1-2,5-6,8,14H,3-4H2,(H2,10,12,15)(H3,11,16,17);7H,3-4H2,1-2H3/t5-,6+,8+;/m0./s1. The van der Waals surface area contributed by atoms with Crippen LogP contribution in [0.5, 0.6) is 0 Å². The number of nitrogens with two attached hydrogens (primary N) is 2. The third kappa shape index (κ3) is 9.97. The van der Waals surface area contributed by atoms with Crippen LogP contribution >= 0.6 is 7.75 Å². The average molecular weight is 467 g/mol. The molecule has 1 fully saturated rings. The van der Waals surface area contributed by atoms with Gasteiger partial charge in [0.25, 0.3) is 0 Å². The van der Waals surface area contributed by atoms with Crippen LogP contribution in [0.15, 0.2) is 17.1 Å². The van der Waals surface area contributed by atoms with E-state index in [1.165, 1.54) is 31.0 Å². The number of methoxy groups -OCH3 is 2. The van der Waals surface area contributed by atoms with E-state index in [1.807, 2.05) is 0 Å². The lowest BCUT2D eigenvalue weighted by Crippen LogP contribution is -2.29. The lowest BCUT2D eigenvalue weighted by atomic mass is 10.2. The second kappa shape index (κ2) is 12.5. The van der Waals surface area contributed by atoms with Crippen molar-refractivity contribution in [3.05, 3.63) is 22.7 Å². The number of aliphatic hydroxyl groups is 1. The van der Waals surface area contributed by atoms with Gasteiger partial charge >= 0.3 is 25.4 Å². The van der Waals surface area contributed by atoms with Gasteiger partial charge in [-0.2, -0.15) is 4.98 Å². The minimum atomic E-state index is -4.14. The quantitative estimate of drug-likeness (QED) is 0.196. The summed E-state index contributed by atoms with van der Waals surface area (Å²) < 4.78 is 30.5. The molecule has 1 aliphatic heterocycles. The van der Waals surface area contributed by atoms with Gasteiger partial charge in [-0.3, -0.25) is 24.0 Å². The summed E-state index contributed by atoms with van der Waals surface area (Å²) in [5.41, 5.74) is 9.57. The number of anilines is 1. The number of ether oxygens (including phenoxy) is 3. The number of aliphatic hydroxyl groups excluding tert-OH is 1. The van der Waals surface area contributed by atoms with Crippen molar-refractivity contribution in [2.45, 2.75) is 24.9 Å². The highest BCUT2D eigenvalue weighted by Crippen LogP contribution is 2.34. The maximum absolute atomic E-state index is 11.6. The first-order valence-corrected chi connectivity index (χ1v) is 10.4. The van der Waals surface area contributed by atoms with Gasteiger partial charge in [0.2, 0.25) is 0 Å². The Morgan fingerprint density at radius 2 is 1.94 bits per heavy atom. The molecule has 0 bridgehead atoms. The van der Waals surface area contributed by atoms with Crippen LogP contribution in [0, 0.1) is 0 Å². The van der Waals surface area contributed by atoms with Crippen LogP contribution in [0.3, 0.4) is 0 Å². The Kier molecular flexibility index (Phi) is 10.7. The molecule has 1 aromatic rings. The highest BCUT2D eigenvalue weighted by atomic mass is 31.2. The van der Waals surface area contributed by atoms with E-state index >= 15 is 0 Å². The van der Waals surface area contributed by atoms with Crippen molar-refractivity contribution in [3.63, 3.8) is 0 Å². The fourth-order valence-electron chi connectivity index (χ4n) is 2.27. The van der Waals surface area contributed by atoms with E-state index < -0.39 is 43.8 Å². The Morgan fingerprint density at radius 3 is 2.42 bits per heavy atom. The van der Waals surface area contributed by atoms with E-state index in [-0.39, 0.29) is 31.9 Å². The lowest BCUT2D eigenvalue weighted by molar-refractivity contribution is -0.141. The average Bonchev–Trinajstić information content (AvgIpc) is 3.06. The predicted molar refractivity (Wildman–Crippen MR) is 104 cm³/mol. The van der Waals surface area contributed by atoms with Crippen molar-refractivity contribution in [1.29, 1.82) is 0 Å². The summed E-state index contributed by atoms with van der Waals surface area (Å²) >= 11 is 0. The molecule has 1 aliphatic rings. The van der Waals surface area contributed by atoms with Crippen molar-refractivity contribution in [2.75, 3.05) is 39.6 Å². The Bertz CT molecular complexity index is 828. The molecule has 16 heteroatoms. The normalized spacial score (nSPS) is 22.0. The van der Waals surface area contributed by atoms with Crippen LogP contribution in [-0.2, 0) is 32.9 Å². The van der Waals surface area contributed by atoms with E-state index in [0.29, 0.717) is 0 Å². The Balaban J connectivity index is 0.000000373. The molecular formula is C15H26N5O10P. The van der Waals surface area contributed by atoms with Gasteiger partial charge in [-0.05, 0) is 6.07 Å². The molecule has 0 aliphatic carbocycles. The maximum Gasteiger partial charge on any atom is 0.400 e. The molecule has 0 amide bonds. The van der Waals surface area contributed by atoms with E-state index in [4.69, 9.17) is 20.9 Å². The predicted octanol–water partition coefficient (Wildman–Crippen LogP) is -2.53. The number of nitrogens with zero attached hydrogens (tertiary/aromatic N) is 2. The summed E-state index contributed by atoms with van der Waals surface area (Å²) in [5.74, 6) is -0.739. The van der Waals surface area contributed by atoms with Crippen molar-refractivity contribution in [3.8, 4) is 0 Å². The number of aromatic nitrogens is 2. The van der Waals surface area contributed by atoms with Gasteiger partial charge in [-0.1, -0.05) is 0 Å².